The number of hydrogen-bond acceptors (Lipinski definition) is 6. The van der Waals surface area contributed by atoms with Gasteiger partial charge in [0.15, 0.2) is 11.5 Å². The van der Waals surface area contributed by atoms with Crippen molar-refractivity contribution in [2.45, 2.75) is 11.0 Å². The lowest BCUT2D eigenvalue weighted by Gasteiger charge is -2.26. The van der Waals surface area contributed by atoms with E-state index in [1.807, 2.05) is 12.1 Å². The van der Waals surface area contributed by atoms with Gasteiger partial charge in [-0.3, -0.25) is 9.52 Å². The lowest BCUT2D eigenvalue weighted by atomic mass is 10.1. The monoisotopic (exact) mass is 584 g/mol. The largest absolute Gasteiger partial charge is 0.486 e. The first-order valence-electron chi connectivity index (χ1n) is 11.8. The van der Waals surface area contributed by atoms with Crippen LogP contribution in [0.1, 0.15) is 10.4 Å². The van der Waals surface area contributed by atoms with Crippen LogP contribution in [0.25, 0.3) is 0 Å². The molecule has 0 saturated carbocycles. The highest BCUT2D eigenvalue weighted by Gasteiger charge is 2.23. The molecule has 0 spiro atoms. The van der Waals surface area contributed by atoms with Crippen LogP contribution in [0, 0.1) is 0 Å². The van der Waals surface area contributed by atoms with Gasteiger partial charge in [-0.25, -0.2) is 8.42 Å². The number of para-hydroxylation sites is 3. The Bertz CT molecular complexity index is 1610. The summed E-state index contributed by atoms with van der Waals surface area (Å²) in [6.45, 7) is 0.390. The van der Waals surface area contributed by atoms with Crippen LogP contribution in [-0.4, -0.2) is 33.6 Å². The van der Waals surface area contributed by atoms with Crippen molar-refractivity contribution >= 4 is 44.8 Å². The van der Waals surface area contributed by atoms with Gasteiger partial charge < -0.3 is 19.5 Å². The normalized spacial score (nSPS) is 14.4. The van der Waals surface area contributed by atoms with E-state index in [4.69, 9.17) is 37.4 Å². The van der Waals surface area contributed by atoms with E-state index in [1.54, 1.807) is 36.4 Å². The number of sulfonamides is 1. The summed E-state index contributed by atoms with van der Waals surface area (Å²) >= 11 is 12.2. The molecule has 0 fully saturated rings. The van der Waals surface area contributed by atoms with E-state index in [9.17, 15) is 13.2 Å². The van der Waals surface area contributed by atoms with Crippen molar-refractivity contribution in [1.82, 2.24) is 5.32 Å². The van der Waals surface area contributed by atoms with Gasteiger partial charge in [0, 0.05) is 5.02 Å². The molecule has 200 valence electrons. The highest BCUT2D eigenvalue weighted by atomic mass is 35.5. The van der Waals surface area contributed by atoms with Crippen molar-refractivity contribution in [3.8, 4) is 23.0 Å². The summed E-state index contributed by atoms with van der Waals surface area (Å²) in [6.07, 6.45) is -0.422. The number of anilines is 1. The molecule has 4 aromatic carbocycles. The van der Waals surface area contributed by atoms with Gasteiger partial charge in [0.2, 0.25) is 0 Å². The molecule has 0 aromatic heterocycles. The van der Waals surface area contributed by atoms with E-state index < -0.39 is 22.0 Å². The third-order valence-corrected chi connectivity index (χ3v) is 7.66. The molecule has 2 N–H and O–H groups in total. The van der Waals surface area contributed by atoms with Crippen molar-refractivity contribution in [3.05, 3.63) is 107 Å². The molecule has 8 nitrogen and oxygen atoms in total. The number of benzene rings is 4. The zero-order valence-electron chi connectivity index (χ0n) is 20.3. The zero-order chi connectivity index (χ0) is 27.4. The van der Waals surface area contributed by atoms with Gasteiger partial charge >= 0.3 is 0 Å². The second-order valence-corrected chi connectivity index (χ2v) is 11.0. The molecule has 1 amide bonds. The number of carbonyl (C=O) groups is 1. The minimum Gasteiger partial charge on any atom is -0.486 e. The second kappa shape index (κ2) is 11.4. The molecule has 1 heterocycles. The summed E-state index contributed by atoms with van der Waals surface area (Å²) in [5.74, 6) is 1.54. The van der Waals surface area contributed by atoms with Crippen LogP contribution < -0.4 is 24.2 Å². The third kappa shape index (κ3) is 6.39. The van der Waals surface area contributed by atoms with Gasteiger partial charge in [0.05, 0.1) is 27.7 Å². The maximum Gasteiger partial charge on any atom is 0.261 e. The maximum absolute atomic E-state index is 13.1. The van der Waals surface area contributed by atoms with Gasteiger partial charge in [0.1, 0.15) is 24.2 Å². The molecule has 0 bridgehead atoms. The number of carbonyl (C=O) groups excluding carboxylic acids is 1. The molecule has 11 heteroatoms. The van der Waals surface area contributed by atoms with Gasteiger partial charge in [-0.05, 0) is 66.7 Å². The quantitative estimate of drug-likeness (QED) is 0.257. The Morgan fingerprint density at radius 2 is 1.64 bits per heavy atom. The predicted octanol–water partition coefficient (Wildman–Crippen LogP) is 6.16. The average molecular weight is 585 g/mol. The number of nitrogens with one attached hydrogen (secondary N) is 2. The van der Waals surface area contributed by atoms with E-state index in [0.29, 0.717) is 28.0 Å². The molecule has 0 unspecified atom stereocenters. The van der Waals surface area contributed by atoms with Crippen LogP contribution in [0.5, 0.6) is 23.0 Å². The van der Waals surface area contributed by atoms with E-state index in [2.05, 4.69) is 10.0 Å². The average Bonchev–Trinajstić information content (AvgIpc) is 2.94. The molecule has 5 rings (SSSR count). The number of amides is 1. The van der Waals surface area contributed by atoms with Crippen molar-refractivity contribution in [2.24, 2.45) is 0 Å². The van der Waals surface area contributed by atoms with Crippen LogP contribution in [0.4, 0.5) is 5.69 Å². The third-order valence-electron chi connectivity index (χ3n) is 5.73. The fraction of sp³-hybridized carbons (Fsp3) is 0.107. The zero-order valence-corrected chi connectivity index (χ0v) is 22.6. The molecule has 0 saturated heterocycles. The van der Waals surface area contributed by atoms with Gasteiger partial charge in [-0.15, -0.1) is 0 Å². The van der Waals surface area contributed by atoms with Crippen LogP contribution in [0.3, 0.4) is 0 Å². The van der Waals surface area contributed by atoms with E-state index in [1.165, 1.54) is 42.5 Å². The van der Waals surface area contributed by atoms with Crippen LogP contribution >= 0.6 is 23.2 Å². The maximum atomic E-state index is 13.1. The standard InChI is InChI=1S/C28H22Cl2N2O6S/c29-18-9-14-24(22(15-18)28(33)31-16-20-17-36-26-7-3-4-8-27(26)38-20)32-39(34,35)21-12-10-19(11-13-21)37-25-6-2-1-5-23(25)30/h1-15,20,32H,16-17H2,(H,31,33)/t20-/m0/s1. The summed E-state index contributed by atoms with van der Waals surface area (Å²) in [6, 6.07) is 24.3. The molecular formula is C28H22Cl2N2O6S. The van der Waals surface area contributed by atoms with E-state index in [0.717, 1.165) is 0 Å². The molecule has 4 aromatic rings. The smallest absolute Gasteiger partial charge is 0.261 e. The number of hydrogen-bond donors (Lipinski definition) is 2. The van der Waals surface area contributed by atoms with Crippen LogP contribution in [-0.2, 0) is 10.0 Å². The van der Waals surface area contributed by atoms with Gasteiger partial charge in [0.25, 0.3) is 15.9 Å². The molecule has 0 radical (unpaired) electrons. The topological polar surface area (TPSA) is 103 Å². The molecular weight excluding hydrogens is 563 g/mol. The van der Waals surface area contributed by atoms with Crippen molar-refractivity contribution in [3.63, 3.8) is 0 Å². The molecule has 1 atom stereocenters. The molecule has 1 aliphatic heterocycles. The summed E-state index contributed by atoms with van der Waals surface area (Å²) in [5.41, 5.74) is 0.126. The first-order chi connectivity index (χ1) is 18.8. The number of rotatable bonds is 8. The Hall–Kier alpha value is -3.92. The Kier molecular flexibility index (Phi) is 7.83. The number of fused-ring (bicyclic) bond motifs is 1. The summed E-state index contributed by atoms with van der Waals surface area (Å²) in [4.78, 5) is 13.0. The SMILES string of the molecule is O=C(NC[C@H]1COc2ccccc2O1)c1cc(Cl)ccc1NS(=O)(=O)c1ccc(Oc2ccccc2Cl)cc1. The molecule has 39 heavy (non-hydrogen) atoms. The Labute approximate surface area is 235 Å². The van der Waals surface area contributed by atoms with E-state index >= 15 is 0 Å². The minimum absolute atomic E-state index is 0.0262. The number of halogens is 2. The summed E-state index contributed by atoms with van der Waals surface area (Å²) in [7, 11) is -4.05. The Balaban J connectivity index is 1.27. The van der Waals surface area contributed by atoms with Crippen molar-refractivity contribution in [2.75, 3.05) is 17.9 Å². The van der Waals surface area contributed by atoms with Crippen LogP contribution in [0.2, 0.25) is 10.0 Å². The minimum atomic E-state index is -4.05. The summed E-state index contributed by atoms with van der Waals surface area (Å²) in [5, 5.41) is 3.46. The lowest BCUT2D eigenvalue weighted by molar-refractivity contribution is 0.0789. The van der Waals surface area contributed by atoms with Gasteiger partial charge in [-0.1, -0.05) is 47.5 Å². The fourth-order valence-corrected chi connectivity index (χ4v) is 5.23. The van der Waals surface area contributed by atoms with Crippen molar-refractivity contribution in [1.29, 1.82) is 0 Å². The fourth-order valence-electron chi connectivity index (χ4n) is 3.80. The molecule has 0 aliphatic carbocycles. The predicted molar refractivity (Wildman–Crippen MR) is 149 cm³/mol. The number of ether oxygens (including phenoxy) is 3. The first kappa shape index (κ1) is 26.7. The van der Waals surface area contributed by atoms with Gasteiger partial charge in [-0.2, -0.15) is 0 Å². The first-order valence-corrected chi connectivity index (χ1v) is 14.0. The van der Waals surface area contributed by atoms with Crippen LogP contribution in [0.15, 0.2) is 95.9 Å². The van der Waals surface area contributed by atoms with E-state index in [-0.39, 0.29) is 34.3 Å². The molecule has 1 aliphatic rings. The van der Waals surface area contributed by atoms with Crippen molar-refractivity contribution < 1.29 is 27.4 Å². The lowest BCUT2D eigenvalue weighted by Crippen LogP contribution is -2.40. The Morgan fingerprint density at radius 1 is 0.923 bits per heavy atom. The highest BCUT2D eigenvalue weighted by Crippen LogP contribution is 2.32. The summed E-state index contributed by atoms with van der Waals surface area (Å²) < 4.78 is 46.0. The Morgan fingerprint density at radius 3 is 2.41 bits per heavy atom. The highest BCUT2D eigenvalue weighted by molar-refractivity contribution is 7.92. The second-order valence-electron chi connectivity index (χ2n) is 8.51.